The lowest BCUT2D eigenvalue weighted by Crippen LogP contribution is -2.37. The van der Waals surface area contributed by atoms with Crippen LogP contribution in [-0.4, -0.2) is 37.5 Å². The molecule has 0 unspecified atom stereocenters. The second kappa shape index (κ2) is 6.00. The first-order valence-corrected chi connectivity index (χ1v) is 6.51. The molecule has 0 heterocycles. The van der Waals surface area contributed by atoms with E-state index in [2.05, 4.69) is 16.0 Å². The molecule has 0 aliphatic heterocycles. The number of nitrogens with one attached hydrogen (secondary N) is 3. The normalized spacial score (nSPS) is 18.8. The predicted molar refractivity (Wildman–Crippen MR) is 64.4 cm³/mol. The fourth-order valence-electron chi connectivity index (χ4n) is 1.62. The van der Waals surface area contributed by atoms with Crippen molar-refractivity contribution in [3.8, 4) is 0 Å². The number of rotatable bonds is 8. The molecule has 3 N–H and O–H groups in total. The van der Waals surface area contributed by atoms with Gasteiger partial charge in [-0.25, -0.2) is 0 Å². The molecule has 0 bridgehead atoms. The van der Waals surface area contributed by atoms with Crippen molar-refractivity contribution in [3.05, 3.63) is 0 Å². The van der Waals surface area contributed by atoms with E-state index >= 15 is 0 Å². The molecule has 0 radical (unpaired) electrons. The van der Waals surface area contributed by atoms with Gasteiger partial charge in [0.15, 0.2) is 0 Å². The summed E-state index contributed by atoms with van der Waals surface area (Å²) >= 11 is 0. The van der Waals surface area contributed by atoms with Gasteiger partial charge in [0.1, 0.15) is 0 Å². The van der Waals surface area contributed by atoms with E-state index in [1.165, 1.54) is 12.8 Å². The SMILES string of the molecule is O=C(CNCC1CC1)NCCC(=O)NC1CC1. The molecule has 17 heavy (non-hydrogen) atoms. The minimum absolute atomic E-state index is 0.0233. The van der Waals surface area contributed by atoms with Crippen molar-refractivity contribution in [1.29, 1.82) is 0 Å². The van der Waals surface area contributed by atoms with E-state index in [0.29, 0.717) is 25.6 Å². The van der Waals surface area contributed by atoms with Crippen LogP contribution in [0.2, 0.25) is 0 Å². The molecule has 2 fully saturated rings. The van der Waals surface area contributed by atoms with Crippen LogP contribution in [0.3, 0.4) is 0 Å². The maximum atomic E-state index is 11.4. The van der Waals surface area contributed by atoms with Crippen LogP contribution < -0.4 is 16.0 Å². The van der Waals surface area contributed by atoms with E-state index in [1.807, 2.05) is 0 Å². The zero-order valence-corrected chi connectivity index (χ0v) is 10.1. The Bertz CT molecular complexity index is 285. The highest BCUT2D eigenvalue weighted by atomic mass is 16.2. The van der Waals surface area contributed by atoms with Gasteiger partial charge in [0, 0.05) is 19.0 Å². The van der Waals surface area contributed by atoms with Crippen LogP contribution in [0, 0.1) is 5.92 Å². The Morgan fingerprint density at radius 1 is 1.06 bits per heavy atom. The lowest BCUT2D eigenvalue weighted by Gasteiger charge is -2.06. The summed E-state index contributed by atoms with van der Waals surface area (Å²) in [6.45, 7) is 1.73. The molecule has 96 valence electrons. The van der Waals surface area contributed by atoms with Gasteiger partial charge in [-0.05, 0) is 38.1 Å². The molecule has 0 spiro atoms. The third-order valence-electron chi connectivity index (χ3n) is 3.03. The first-order chi connectivity index (χ1) is 8.24. The number of hydrogen-bond acceptors (Lipinski definition) is 3. The summed E-state index contributed by atoms with van der Waals surface area (Å²) in [5.41, 5.74) is 0. The number of carbonyl (C=O) groups is 2. The molecule has 2 saturated carbocycles. The van der Waals surface area contributed by atoms with Gasteiger partial charge in [-0.3, -0.25) is 9.59 Å². The average Bonchev–Trinajstić information content (AvgIpc) is 3.11. The minimum atomic E-state index is -0.0233. The van der Waals surface area contributed by atoms with Gasteiger partial charge >= 0.3 is 0 Å². The van der Waals surface area contributed by atoms with Gasteiger partial charge in [0.2, 0.25) is 11.8 Å². The van der Waals surface area contributed by atoms with Crippen LogP contribution in [0.4, 0.5) is 0 Å². The maximum Gasteiger partial charge on any atom is 0.233 e. The molecule has 2 aliphatic rings. The highest BCUT2D eigenvalue weighted by Gasteiger charge is 2.23. The summed E-state index contributed by atoms with van der Waals surface area (Å²) in [5.74, 6) is 0.802. The maximum absolute atomic E-state index is 11.4. The van der Waals surface area contributed by atoms with Gasteiger partial charge < -0.3 is 16.0 Å². The zero-order valence-electron chi connectivity index (χ0n) is 10.1. The fourth-order valence-corrected chi connectivity index (χ4v) is 1.62. The number of amides is 2. The third kappa shape index (κ3) is 5.68. The largest absolute Gasteiger partial charge is 0.354 e. The lowest BCUT2D eigenvalue weighted by molar-refractivity contribution is -0.122. The second-order valence-electron chi connectivity index (χ2n) is 5.02. The van der Waals surface area contributed by atoms with Gasteiger partial charge in [-0.2, -0.15) is 0 Å². The molecule has 2 aliphatic carbocycles. The Balaban J connectivity index is 1.42. The molecular formula is C12H21N3O2. The first-order valence-electron chi connectivity index (χ1n) is 6.51. The summed E-state index contributed by atoms with van der Waals surface area (Å²) < 4.78 is 0. The number of carbonyl (C=O) groups excluding carboxylic acids is 2. The molecular weight excluding hydrogens is 218 g/mol. The van der Waals surface area contributed by atoms with Crippen LogP contribution in [0.1, 0.15) is 32.1 Å². The van der Waals surface area contributed by atoms with Crippen molar-refractivity contribution in [2.45, 2.75) is 38.1 Å². The van der Waals surface area contributed by atoms with Gasteiger partial charge in [0.05, 0.1) is 6.54 Å². The van der Waals surface area contributed by atoms with Crippen molar-refractivity contribution in [3.63, 3.8) is 0 Å². The molecule has 0 aromatic heterocycles. The average molecular weight is 239 g/mol. The van der Waals surface area contributed by atoms with E-state index < -0.39 is 0 Å². The Labute approximate surface area is 102 Å². The minimum Gasteiger partial charge on any atom is -0.354 e. The van der Waals surface area contributed by atoms with Gasteiger partial charge in [0.25, 0.3) is 0 Å². The van der Waals surface area contributed by atoms with E-state index in [-0.39, 0.29) is 11.8 Å². The van der Waals surface area contributed by atoms with Crippen LogP contribution in [0.15, 0.2) is 0 Å². The Morgan fingerprint density at radius 3 is 2.47 bits per heavy atom. The monoisotopic (exact) mass is 239 g/mol. The molecule has 5 heteroatoms. The second-order valence-corrected chi connectivity index (χ2v) is 5.02. The molecule has 2 amide bonds. The van der Waals surface area contributed by atoms with Crippen LogP contribution >= 0.6 is 0 Å². The summed E-state index contributed by atoms with van der Waals surface area (Å²) in [5, 5.41) is 8.74. The van der Waals surface area contributed by atoms with Gasteiger partial charge in [-0.1, -0.05) is 0 Å². The van der Waals surface area contributed by atoms with Crippen molar-refractivity contribution < 1.29 is 9.59 Å². The van der Waals surface area contributed by atoms with E-state index in [9.17, 15) is 9.59 Å². The lowest BCUT2D eigenvalue weighted by atomic mass is 10.3. The summed E-state index contributed by atoms with van der Waals surface area (Å²) in [6, 6.07) is 0.401. The standard InChI is InChI=1S/C12H21N3O2/c16-11(15-10-3-4-10)5-6-14-12(17)8-13-7-9-1-2-9/h9-10,13H,1-8H2,(H,14,17)(H,15,16). The van der Waals surface area contributed by atoms with Crippen LogP contribution in [0.5, 0.6) is 0 Å². The van der Waals surface area contributed by atoms with Crippen LogP contribution in [-0.2, 0) is 9.59 Å². The summed E-state index contributed by atoms with van der Waals surface area (Å²) in [4.78, 5) is 22.7. The topological polar surface area (TPSA) is 70.2 Å². The van der Waals surface area contributed by atoms with Gasteiger partial charge in [-0.15, -0.1) is 0 Å². The Hall–Kier alpha value is -1.10. The summed E-state index contributed by atoms with van der Waals surface area (Å²) in [6.07, 6.45) is 5.16. The quantitative estimate of drug-likeness (QED) is 0.548. The van der Waals surface area contributed by atoms with E-state index in [4.69, 9.17) is 0 Å². The van der Waals surface area contributed by atoms with Crippen molar-refractivity contribution in [2.75, 3.05) is 19.6 Å². The Morgan fingerprint density at radius 2 is 1.82 bits per heavy atom. The fraction of sp³-hybridized carbons (Fsp3) is 0.833. The summed E-state index contributed by atoms with van der Waals surface area (Å²) in [7, 11) is 0. The van der Waals surface area contributed by atoms with Crippen molar-refractivity contribution in [2.24, 2.45) is 5.92 Å². The van der Waals surface area contributed by atoms with Crippen molar-refractivity contribution >= 4 is 11.8 Å². The molecule has 0 aromatic rings. The molecule has 0 saturated heterocycles. The van der Waals surface area contributed by atoms with Crippen LogP contribution in [0.25, 0.3) is 0 Å². The predicted octanol–water partition coefficient (Wildman–Crippen LogP) is -0.229. The highest BCUT2D eigenvalue weighted by molar-refractivity contribution is 5.80. The van der Waals surface area contributed by atoms with Crippen molar-refractivity contribution in [1.82, 2.24) is 16.0 Å². The highest BCUT2D eigenvalue weighted by Crippen LogP contribution is 2.27. The van der Waals surface area contributed by atoms with E-state index in [0.717, 1.165) is 25.3 Å². The molecule has 5 nitrogen and oxygen atoms in total. The zero-order chi connectivity index (χ0) is 12.1. The molecule has 2 rings (SSSR count). The first kappa shape index (κ1) is 12.4. The smallest absolute Gasteiger partial charge is 0.233 e. The Kier molecular flexibility index (Phi) is 4.36. The molecule has 0 atom stereocenters. The molecule has 0 aromatic carbocycles. The number of hydrogen-bond donors (Lipinski definition) is 3. The third-order valence-corrected chi connectivity index (χ3v) is 3.03. The van der Waals surface area contributed by atoms with E-state index in [1.54, 1.807) is 0 Å².